The average Bonchev–Trinajstić information content (AvgIpc) is 3.42. The third kappa shape index (κ3) is 4.37. The van der Waals surface area contributed by atoms with Crippen LogP contribution < -0.4 is 5.32 Å². The molecular formula is C17H21N7O2S2. The van der Waals surface area contributed by atoms with Crippen LogP contribution in [-0.2, 0) is 18.0 Å². The van der Waals surface area contributed by atoms with Crippen LogP contribution in [0.25, 0.3) is 0 Å². The molecule has 3 aromatic heterocycles. The van der Waals surface area contributed by atoms with Crippen molar-refractivity contribution in [2.24, 2.45) is 5.92 Å². The van der Waals surface area contributed by atoms with Crippen molar-refractivity contribution in [3.8, 4) is 0 Å². The predicted molar refractivity (Wildman–Crippen MR) is 106 cm³/mol. The molecule has 148 valence electrons. The van der Waals surface area contributed by atoms with E-state index < -0.39 is 0 Å². The fourth-order valence-electron chi connectivity index (χ4n) is 3.22. The van der Waals surface area contributed by atoms with Crippen molar-refractivity contribution in [2.75, 3.05) is 18.4 Å². The molecular weight excluding hydrogens is 398 g/mol. The van der Waals surface area contributed by atoms with Gasteiger partial charge < -0.3 is 9.84 Å². The summed E-state index contributed by atoms with van der Waals surface area (Å²) in [5.74, 6) is 1.11. The van der Waals surface area contributed by atoms with Crippen LogP contribution in [0, 0.1) is 17.6 Å². The normalized spacial score (nSPS) is 15.8. The number of amides is 1. The first-order valence-electron chi connectivity index (χ1n) is 9.08. The van der Waals surface area contributed by atoms with E-state index in [0.717, 1.165) is 25.9 Å². The summed E-state index contributed by atoms with van der Waals surface area (Å²) in [7, 11) is 0. The lowest BCUT2D eigenvalue weighted by Gasteiger charge is -2.30. The molecule has 11 heteroatoms. The summed E-state index contributed by atoms with van der Waals surface area (Å²) in [5.41, 5.74) is 0. The van der Waals surface area contributed by atoms with E-state index in [1.54, 1.807) is 33.7 Å². The number of carbonyl (C=O) groups is 1. The highest BCUT2D eigenvalue weighted by atomic mass is 32.1. The number of likely N-dealkylation sites (tertiary alicyclic amines) is 1. The van der Waals surface area contributed by atoms with Gasteiger partial charge in [-0.3, -0.25) is 9.69 Å². The summed E-state index contributed by atoms with van der Waals surface area (Å²) in [4.78, 5) is 15.8. The van der Waals surface area contributed by atoms with Crippen LogP contribution >= 0.6 is 23.6 Å². The van der Waals surface area contributed by atoms with Crippen molar-refractivity contribution in [3.63, 3.8) is 0 Å². The number of nitrogens with zero attached hydrogens (tertiary/aromatic N) is 6. The van der Waals surface area contributed by atoms with Gasteiger partial charge in [-0.1, -0.05) is 11.2 Å². The average molecular weight is 420 g/mol. The SMILES string of the molecule is Cc1cc(NC(=O)C2CCN(Cn3nnn(Cc4cccs4)c3=S)CC2)no1. The van der Waals surface area contributed by atoms with Crippen LogP contribution in [-0.4, -0.2) is 48.8 Å². The third-order valence-corrected chi connectivity index (χ3v) is 6.04. The van der Waals surface area contributed by atoms with Crippen molar-refractivity contribution < 1.29 is 9.32 Å². The second-order valence-corrected chi connectivity index (χ2v) is 8.24. The Morgan fingerprint density at radius 2 is 2.14 bits per heavy atom. The standard InChI is InChI=1S/C17H21N7O2S2/c1-12-9-15(19-26-12)18-16(25)13-4-6-22(7-5-13)11-24-17(27)23(20-21-24)10-14-3-2-8-28-14/h2-3,8-9,13H,4-7,10-11H2,1H3,(H,18,19,25). The van der Waals surface area contributed by atoms with Gasteiger partial charge in [-0.05, 0) is 53.9 Å². The Bertz CT molecular complexity index is 983. The number of piperidine rings is 1. The molecule has 0 bridgehead atoms. The molecule has 1 fully saturated rings. The van der Waals surface area contributed by atoms with E-state index in [4.69, 9.17) is 16.7 Å². The van der Waals surface area contributed by atoms with Gasteiger partial charge in [-0.15, -0.1) is 11.3 Å². The summed E-state index contributed by atoms with van der Waals surface area (Å²) in [5, 5.41) is 17.0. The Morgan fingerprint density at radius 3 is 2.82 bits per heavy atom. The number of hydrogen-bond acceptors (Lipinski definition) is 8. The lowest BCUT2D eigenvalue weighted by Crippen LogP contribution is -2.39. The molecule has 1 saturated heterocycles. The zero-order chi connectivity index (χ0) is 19.5. The van der Waals surface area contributed by atoms with E-state index in [2.05, 4.69) is 31.9 Å². The van der Waals surface area contributed by atoms with Crippen LogP contribution in [0.4, 0.5) is 5.82 Å². The number of tetrazole rings is 1. The first-order chi connectivity index (χ1) is 13.6. The fraction of sp³-hybridized carbons (Fsp3) is 0.471. The molecule has 0 radical (unpaired) electrons. The van der Waals surface area contributed by atoms with Crippen molar-refractivity contribution in [2.45, 2.75) is 33.0 Å². The maximum absolute atomic E-state index is 12.4. The Balaban J connectivity index is 1.29. The molecule has 1 aliphatic rings. The molecule has 4 rings (SSSR count). The number of rotatable bonds is 6. The smallest absolute Gasteiger partial charge is 0.228 e. The van der Waals surface area contributed by atoms with E-state index in [0.29, 0.717) is 29.6 Å². The molecule has 3 aromatic rings. The van der Waals surface area contributed by atoms with Gasteiger partial charge in [0.2, 0.25) is 10.7 Å². The molecule has 9 nitrogen and oxygen atoms in total. The molecule has 0 aliphatic carbocycles. The fourth-order valence-corrected chi connectivity index (χ4v) is 4.11. The highest BCUT2D eigenvalue weighted by molar-refractivity contribution is 7.71. The monoisotopic (exact) mass is 419 g/mol. The molecule has 28 heavy (non-hydrogen) atoms. The van der Waals surface area contributed by atoms with E-state index in [1.165, 1.54) is 4.88 Å². The number of anilines is 1. The van der Waals surface area contributed by atoms with Crippen molar-refractivity contribution >= 4 is 35.3 Å². The Labute approximate surface area is 170 Å². The van der Waals surface area contributed by atoms with Crippen LogP contribution in [0.2, 0.25) is 0 Å². The largest absolute Gasteiger partial charge is 0.360 e. The van der Waals surface area contributed by atoms with E-state index >= 15 is 0 Å². The van der Waals surface area contributed by atoms with E-state index in [-0.39, 0.29) is 11.8 Å². The second kappa shape index (κ2) is 8.33. The molecule has 4 heterocycles. The lowest BCUT2D eigenvalue weighted by molar-refractivity contribution is -0.121. The number of aromatic nitrogens is 5. The van der Waals surface area contributed by atoms with E-state index in [1.807, 2.05) is 11.4 Å². The zero-order valence-electron chi connectivity index (χ0n) is 15.4. The molecule has 1 aliphatic heterocycles. The topological polar surface area (TPSA) is 94.0 Å². The summed E-state index contributed by atoms with van der Waals surface area (Å²) >= 11 is 7.18. The molecule has 0 atom stereocenters. The number of nitrogens with one attached hydrogen (secondary N) is 1. The van der Waals surface area contributed by atoms with Gasteiger partial charge in [0.05, 0.1) is 13.2 Å². The van der Waals surface area contributed by atoms with Crippen LogP contribution in [0.3, 0.4) is 0 Å². The Morgan fingerprint density at radius 1 is 1.36 bits per heavy atom. The van der Waals surface area contributed by atoms with Gasteiger partial charge in [0.15, 0.2) is 5.82 Å². The molecule has 1 N–H and O–H groups in total. The number of thiophene rings is 1. The van der Waals surface area contributed by atoms with Gasteiger partial charge >= 0.3 is 0 Å². The van der Waals surface area contributed by atoms with Gasteiger partial charge in [0, 0.05) is 30.0 Å². The third-order valence-electron chi connectivity index (χ3n) is 4.75. The molecule has 0 saturated carbocycles. The van der Waals surface area contributed by atoms with Crippen LogP contribution in [0.15, 0.2) is 28.1 Å². The van der Waals surface area contributed by atoms with Gasteiger partial charge in [0.1, 0.15) is 5.76 Å². The minimum absolute atomic E-state index is 0.00791. The second-order valence-electron chi connectivity index (χ2n) is 6.84. The van der Waals surface area contributed by atoms with Gasteiger partial charge in [-0.25, -0.2) is 9.36 Å². The molecule has 1 amide bonds. The summed E-state index contributed by atoms with van der Waals surface area (Å²) < 4.78 is 9.06. The number of carbonyl (C=O) groups excluding carboxylic acids is 1. The van der Waals surface area contributed by atoms with Crippen molar-refractivity contribution in [1.29, 1.82) is 0 Å². The Kier molecular flexibility index (Phi) is 5.64. The van der Waals surface area contributed by atoms with Gasteiger partial charge in [0.25, 0.3) is 0 Å². The maximum atomic E-state index is 12.4. The molecule has 0 spiro atoms. The van der Waals surface area contributed by atoms with Gasteiger partial charge in [-0.2, -0.15) is 0 Å². The first kappa shape index (κ1) is 19.0. The quantitative estimate of drug-likeness (QED) is 0.614. The van der Waals surface area contributed by atoms with Crippen molar-refractivity contribution in [1.82, 2.24) is 29.8 Å². The van der Waals surface area contributed by atoms with E-state index in [9.17, 15) is 4.79 Å². The maximum Gasteiger partial charge on any atom is 0.228 e. The lowest BCUT2D eigenvalue weighted by atomic mass is 9.96. The highest BCUT2D eigenvalue weighted by Gasteiger charge is 2.26. The number of aryl methyl sites for hydroxylation is 1. The Hall–Kier alpha value is -2.37. The summed E-state index contributed by atoms with van der Waals surface area (Å²) in [6.07, 6.45) is 1.55. The predicted octanol–water partition coefficient (Wildman–Crippen LogP) is 2.52. The van der Waals surface area contributed by atoms with Crippen LogP contribution in [0.1, 0.15) is 23.5 Å². The summed E-state index contributed by atoms with van der Waals surface area (Å²) in [6.45, 7) is 4.62. The minimum atomic E-state index is -0.0317. The van der Waals surface area contributed by atoms with Crippen LogP contribution in [0.5, 0.6) is 0 Å². The minimum Gasteiger partial charge on any atom is -0.360 e. The van der Waals surface area contributed by atoms with Crippen molar-refractivity contribution in [3.05, 3.63) is 39.0 Å². The zero-order valence-corrected chi connectivity index (χ0v) is 17.1. The molecule has 0 aromatic carbocycles. The summed E-state index contributed by atoms with van der Waals surface area (Å²) in [6, 6.07) is 5.79. The highest BCUT2D eigenvalue weighted by Crippen LogP contribution is 2.20. The molecule has 0 unspecified atom stereocenters. The first-order valence-corrected chi connectivity index (χ1v) is 10.4. The number of hydrogen-bond donors (Lipinski definition) is 1.